The van der Waals surface area contributed by atoms with Crippen molar-refractivity contribution in [3.05, 3.63) is 0 Å². The van der Waals surface area contributed by atoms with Gasteiger partial charge in [0, 0.05) is 0 Å². The molecule has 0 aromatic rings. The Labute approximate surface area is 76.7 Å². The molecule has 0 heteroatoms. The quantitative estimate of drug-likeness (QED) is 0.594. The molecule has 2 aliphatic rings. The lowest BCUT2D eigenvalue weighted by atomic mass is 9.85. The zero-order chi connectivity index (χ0) is 8.39. The third-order valence-corrected chi connectivity index (χ3v) is 3.95. The van der Waals surface area contributed by atoms with Crippen LogP contribution in [0.2, 0.25) is 0 Å². The van der Waals surface area contributed by atoms with Crippen molar-refractivity contribution in [2.75, 3.05) is 0 Å². The maximum atomic E-state index is 2.35. The van der Waals surface area contributed by atoms with Gasteiger partial charge in [0.25, 0.3) is 0 Å². The van der Waals surface area contributed by atoms with Gasteiger partial charge in [-0.05, 0) is 30.6 Å². The largest absolute Gasteiger partial charge is 0.0651 e. The smallest absolute Gasteiger partial charge is 0.0380 e. The lowest BCUT2D eigenvalue weighted by molar-refractivity contribution is 0.319. The maximum absolute atomic E-state index is 2.35. The second-order valence-electron chi connectivity index (χ2n) is 4.90. The number of hydrogen-bond donors (Lipinski definition) is 0. The molecule has 0 spiro atoms. The van der Waals surface area contributed by atoms with Crippen LogP contribution in [-0.2, 0) is 0 Å². The topological polar surface area (TPSA) is 0 Å². The summed E-state index contributed by atoms with van der Waals surface area (Å²) in [6.45, 7) is 2.35. The second kappa shape index (κ2) is 3.81. The molecule has 0 saturated heterocycles. The number of rotatable bonds is 3. The minimum Gasteiger partial charge on any atom is -0.0651 e. The molecule has 2 rings (SSSR count). The first-order chi connectivity index (χ1) is 5.90. The van der Waals surface area contributed by atoms with Gasteiger partial charge in [0.15, 0.2) is 0 Å². The average molecular weight is 166 g/mol. The van der Waals surface area contributed by atoms with Crippen molar-refractivity contribution in [1.82, 2.24) is 0 Å². The summed E-state index contributed by atoms with van der Waals surface area (Å²) in [4.78, 5) is 0. The van der Waals surface area contributed by atoms with Gasteiger partial charge in [-0.15, -0.1) is 0 Å². The standard InChI is InChI=1S/C12H22/c1-2-11-9-12(11)8-10-6-4-3-5-7-10/h10-12H,2-9H2,1H3. The zero-order valence-corrected chi connectivity index (χ0v) is 8.39. The van der Waals surface area contributed by atoms with E-state index in [1.54, 1.807) is 25.7 Å². The molecule has 0 radical (unpaired) electrons. The molecular formula is C12H22. The predicted molar refractivity (Wildman–Crippen MR) is 53.1 cm³/mol. The highest BCUT2D eigenvalue weighted by atomic mass is 14.4. The first kappa shape index (κ1) is 8.59. The van der Waals surface area contributed by atoms with Gasteiger partial charge in [-0.25, -0.2) is 0 Å². The van der Waals surface area contributed by atoms with Crippen LogP contribution in [0.1, 0.15) is 58.3 Å². The average Bonchev–Trinajstić information content (AvgIpc) is 2.85. The molecule has 0 aromatic heterocycles. The van der Waals surface area contributed by atoms with E-state index in [-0.39, 0.29) is 0 Å². The zero-order valence-electron chi connectivity index (χ0n) is 8.39. The Morgan fingerprint density at radius 3 is 2.33 bits per heavy atom. The Morgan fingerprint density at radius 2 is 1.75 bits per heavy atom. The summed E-state index contributed by atoms with van der Waals surface area (Å²) in [6.07, 6.45) is 12.2. The van der Waals surface area contributed by atoms with Gasteiger partial charge in [0.2, 0.25) is 0 Å². The lowest BCUT2D eigenvalue weighted by Gasteiger charge is -2.21. The van der Waals surface area contributed by atoms with Gasteiger partial charge < -0.3 is 0 Å². The van der Waals surface area contributed by atoms with E-state index in [4.69, 9.17) is 0 Å². The molecule has 2 fully saturated rings. The Balaban J connectivity index is 1.66. The minimum atomic E-state index is 1.13. The van der Waals surface area contributed by atoms with E-state index in [9.17, 15) is 0 Å². The molecule has 0 aromatic carbocycles. The Hall–Kier alpha value is 0. The first-order valence-corrected chi connectivity index (χ1v) is 5.90. The van der Waals surface area contributed by atoms with Crippen LogP contribution in [0.5, 0.6) is 0 Å². The highest BCUT2D eigenvalue weighted by Crippen LogP contribution is 2.47. The van der Waals surface area contributed by atoms with Gasteiger partial charge in [-0.3, -0.25) is 0 Å². The van der Waals surface area contributed by atoms with Crippen LogP contribution >= 0.6 is 0 Å². The van der Waals surface area contributed by atoms with Crippen LogP contribution in [-0.4, -0.2) is 0 Å². The summed E-state index contributed by atoms with van der Waals surface area (Å²) in [6, 6.07) is 0. The van der Waals surface area contributed by atoms with Crippen molar-refractivity contribution in [1.29, 1.82) is 0 Å². The van der Waals surface area contributed by atoms with Crippen molar-refractivity contribution in [3.8, 4) is 0 Å². The van der Waals surface area contributed by atoms with E-state index in [1.165, 1.54) is 25.7 Å². The summed E-state index contributed by atoms with van der Waals surface area (Å²) >= 11 is 0. The molecule has 2 aliphatic carbocycles. The highest BCUT2D eigenvalue weighted by molar-refractivity contribution is 4.87. The van der Waals surface area contributed by atoms with Gasteiger partial charge >= 0.3 is 0 Å². The monoisotopic (exact) mass is 166 g/mol. The Kier molecular flexibility index (Phi) is 2.73. The van der Waals surface area contributed by atoms with Gasteiger partial charge in [-0.1, -0.05) is 45.4 Å². The maximum Gasteiger partial charge on any atom is -0.0380 e. The highest BCUT2D eigenvalue weighted by Gasteiger charge is 2.36. The minimum absolute atomic E-state index is 1.13. The van der Waals surface area contributed by atoms with Crippen molar-refractivity contribution >= 4 is 0 Å². The molecule has 2 atom stereocenters. The lowest BCUT2D eigenvalue weighted by Crippen LogP contribution is -2.07. The Morgan fingerprint density at radius 1 is 1.00 bits per heavy atom. The van der Waals surface area contributed by atoms with Crippen molar-refractivity contribution in [3.63, 3.8) is 0 Å². The molecule has 12 heavy (non-hydrogen) atoms. The number of hydrogen-bond acceptors (Lipinski definition) is 0. The molecular weight excluding hydrogens is 144 g/mol. The summed E-state index contributed by atoms with van der Waals surface area (Å²) in [5.41, 5.74) is 0. The van der Waals surface area contributed by atoms with Crippen LogP contribution in [0.4, 0.5) is 0 Å². The molecule has 2 saturated carbocycles. The molecule has 0 bridgehead atoms. The van der Waals surface area contributed by atoms with Gasteiger partial charge in [0.1, 0.15) is 0 Å². The molecule has 0 nitrogen and oxygen atoms in total. The van der Waals surface area contributed by atoms with Crippen LogP contribution in [0.15, 0.2) is 0 Å². The van der Waals surface area contributed by atoms with E-state index in [0.29, 0.717) is 0 Å². The summed E-state index contributed by atoms with van der Waals surface area (Å²) < 4.78 is 0. The normalized spacial score (nSPS) is 36.8. The van der Waals surface area contributed by atoms with Crippen molar-refractivity contribution in [2.24, 2.45) is 17.8 Å². The third-order valence-electron chi connectivity index (χ3n) is 3.95. The van der Waals surface area contributed by atoms with Crippen LogP contribution in [0, 0.1) is 17.8 Å². The first-order valence-electron chi connectivity index (χ1n) is 5.90. The molecule has 70 valence electrons. The molecule has 2 unspecified atom stereocenters. The van der Waals surface area contributed by atoms with Crippen LogP contribution < -0.4 is 0 Å². The van der Waals surface area contributed by atoms with Crippen LogP contribution in [0.25, 0.3) is 0 Å². The molecule has 0 N–H and O–H groups in total. The summed E-state index contributed by atoms with van der Waals surface area (Å²) in [5.74, 6) is 3.41. The summed E-state index contributed by atoms with van der Waals surface area (Å²) in [7, 11) is 0. The van der Waals surface area contributed by atoms with Crippen molar-refractivity contribution in [2.45, 2.75) is 58.3 Å². The third kappa shape index (κ3) is 2.02. The molecule has 0 amide bonds. The second-order valence-corrected chi connectivity index (χ2v) is 4.90. The fourth-order valence-corrected chi connectivity index (χ4v) is 2.95. The van der Waals surface area contributed by atoms with E-state index in [1.807, 2.05) is 0 Å². The van der Waals surface area contributed by atoms with E-state index >= 15 is 0 Å². The Bertz CT molecular complexity index is 133. The van der Waals surface area contributed by atoms with Gasteiger partial charge in [0.05, 0.1) is 0 Å². The molecule has 0 aliphatic heterocycles. The van der Waals surface area contributed by atoms with E-state index < -0.39 is 0 Å². The SMILES string of the molecule is CCC1CC1CC1CCCCC1. The van der Waals surface area contributed by atoms with E-state index in [2.05, 4.69) is 6.92 Å². The molecule has 0 heterocycles. The fourth-order valence-electron chi connectivity index (χ4n) is 2.95. The van der Waals surface area contributed by atoms with E-state index in [0.717, 1.165) is 17.8 Å². The summed E-state index contributed by atoms with van der Waals surface area (Å²) in [5, 5.41) is 0. The van der Waals surface area contributed by atoms with Crippen molar-refractivity contribution < 1.29 is 0 Å². The van der Waals surface area contributed by atoms with Gasteiger partial charge in [-0.2, -0.15) is 0 Å². The fraction of sp³-hybridized carbons (Fsp3) is 1.00. The predicted octanol–water partition coefficient (Wildman–Crippen LogP) is 4.00. The van der Waals surface area contributed by atoms with Crippen LogP contribution in [0.3, 0.4) is 0 Å².